The lowest BCUT2D eigenvalue weighted by molar-refractivity contribution is -0.134. The smallest absolute Gasteiger partial charge is 0.322 e. The summed E-state index contributed by atoms with van der Waals surface area (Å²) in [6.07, 6.45) is 0. The molecule has 11 heavy (non-hydrogen) atoms. The van der Waals surface area contributed by atoms with E-state index in [9.17, 15) is 4.79 Å². The maximum Gasteiger partial charge on any atom is 0.322 e. The van der Waals surface area contributed by atoms with Gasteiger partial charge in [-0.1, -0.05) is 11.6 Å². The fraction of sp³-hybridized carbons (Fsp3) is 0.200. The molecule has 1 heterocycles. The van der Waals surface area contributed by atoms with Gasteiger partial charge < -0.3 is 10.4 Å². The standard InChI is InChI=1S/C5H5ClN2O2S/c6-3-2-11-5(8-3)7-1-4(9)10/h2H,1H2,(H,7,8)(H,9,10). The number of thiazole rings is 1. The molecule has 1 aromatic rings. The summed E-state index contributed by atoms with van der Waals surface area (Å²) in [5.74, 6) is -0.920. The summed E-state index contributed by atoms with van der Waals surface area (Å²) in [7, 11) is 0. The number of rotatable bonds is 3. The number of carboxylic acid groups (broad SMARTS) is 1. The predicted molar refractivity (Wildman–Crippen MR) is 43.2 cm³/mol. The van der Waals surface area contributed by atoms with Gasteiger partial charge in [-0.05, 0) is 0 Å². The maximum absolute atomic E-state index is 10.1. The Kier molecular flexibility index (Phi) is 2.67. The van der Waals surface area contributed by atoms with Crippen molar-refractivity contribution in [1.29, 1.82) is 0 Å². The Balaban J connectivity index is 2.45. The summed E-state index contributed by atoms with van der Waals surface area (Å²) in [6.45, 7) is -0.135. The second-order valence-corrected chi connectivity index (χ2v) is 2.97. The lowest BCUT2D eigenvalue weighted by Gasteiger charge is -1.94. The first-order valence-electron chi connectivity index (χ1n) is 2.75. The average molecular weight is 193 g/mol. The minimum atomic E-state index is -0.920. The first kappa shape index (κ1) is 8.29. The van der Waals surface area contributed by atoms with Crippen molar-refractivity contribution in [3.63, 3.8) is 0 Å². The van der Waals surface area contributed by atoms with Crippen molar-refractivity contribution in [2.45, 2.75) is 0 Å². The van der Waals surface area contributed by atoms with Crippen LogP contribution in [0.4, 0.5) is 5.13 Å². The highest BCUT2D eigenvalue weighted by molar-refractivity contribution is 7.14. The van der Waals surface area contributed by atoms with Gasteiger partial charge >= 0.3 is 5.97 Å². The van der Waals surface area contributed by atoms with Crippen molar-refractivity contribution in [3.8, 4) is 0 Å². The van der Waals surface area contributed by atoms with Crippen LogP contribution in [0.1, 0.15) is 0 Å². The molecule has 0 aliphatic carbocycles. The van der Waals surface area contributed by atoms with E-state index in [0.717, 1.165) is 0 Å². The molecule has 0 spiro atoms. The van der Waals surface area contributed by atoms with E-state index in [-0.39, 0.29) is 6.54 Å². The maximum atomic E-state index is 10.1. The fourth-order valence-corrected chi connectivity index (χ4v) is 1.32. The highest BCUT2D eigenvalue weighted by Crippen LogP contribution is 2.18. The topological polar surface area (TPSA) is 62.2 Å². The quantitative estimate of drug-likeness (QED) is 0.758. The molecule has 1 rings (SSSR count). The second-order valence-electron chi connectivity index (χ2n) is 1.72. The lowest BCUT2D eigenvalue weighted by Crippen LogP contribution is -2.11. The van der Waals surface area contributed by atoms with Crippen LogP contribution in [0.5, 0.6) is 0 Å². The SMILES string of the molecule is O=C(O)CNc1nc(Cl)cs1. The molecule has 0 bridgehead atoms. The Labute approximate surface area is 71.8 Å². The third-order valence-corrected chi connectivity index (χ3v) is 1.99. The molecular weight excluding hydrogens is 188 g/mol. The molecule has 2 N–H and O–H groups in total. The van der Waals surface area contributed by atoms with E-state index in [4.69, 9.17) is 16.7 Å². The normalized spacial score (nSPS) is 9.55. The van der Waals surface area contributed by atoms with Crippen LogP contribution in [0.3, 0.4) is 0 Å². The second kappa shape index (κ2) is 3.54. The number of carboxylic acids is 1. The number of carbonyl (C=O) groups is 1. The van der Waals surface area contributed by atoms with Crippen LogP contribution in [-0.2, 0) is 4.79 Å². The van der Waals surface area contributed by atoms with Crippen LogP contribution in [0, 0.1) is 0 Å². The molecule has 60 valence electrons. The van der Waals surface area contributed by atoms with Gasteiger partial charge in [0.2, 0.25) is 0 Å². The van der Waals surface area contributed by atoms with E-state index in [1.165, 1.54) is 11.3 Å². The number of halogens is 1. The van der Waals surface area contributed by atoms with Gasteiger partial charge in [-0.2, -0.15) is 0 Å². The van der Waals surface area contributed by atoms with Crippen LogP contribution >= 0.6 is 22.9 Å². The van der Waals surface area contributed by atoms with E-state index in [0.29, 0.717) is 10.3 Å². The molecule has 1 aromatic heterocycles. The molecule has 0 aliphatic rings. The average Bonchev–Trinajstić information content (AvgIpc) is 2.31. The largest absolute Gasteiger partial charge is 0.480 e. The third kappa shape index (κ3) is 2.73. The highest BCUT2D eigenvalue weighted by atomic mass is 35.5. The van der Waals surface area contributed by atoms with E-state index in [1.807, 2.05) is 0 Å². The molecule has 4 nitrogen and oxygen atoms in total. The molecule has 0 unspecified atom stereocenters. The van der Waals surface area contributed by atoms with E-state index < -0.39 is 5.97 Å². The number of hydrogen-bond acceptors (Lipinski definition) is 4. The van der Waals surface area contributed by atoms with Crippen LogP contribution in [0.25, 0.3) is 0 Å². The number of anilines is 1. The van der Waals surface area contributed by atoms with Crippen LogP contribution in [-0.4, -0.2) is 22.6 Å². The van der Waals surface area contributed by atoms with Crippen molar-refractivity contribution in [2.75, 3.05) is 11.9 Å². The molecule has 0 aliphatic heterocycles. The van der Waals surface area contributed by atoms with Crippen LogP contribution in [0.15, 0.2) is 5.38 Å². The summed E-state index contributed by atoms with van der Waals surface area (Å²) in [4.78, 5) is 13.9. The fourth-order valence-electron chi connectivity index (χ4n) is 0.487. The molecule has 0 amide bonds. The summed E-state index contributed by atoms with van der Waals surface area (Å²) in [5.41, 5.74) is 0. The Morgan fingerprint density at radius 3 is 3.09 bits per heavy atom. The zero-order valence-electron chi connectivity index (χ0n) is 5.37. The van der Waals surface area contributed by atoms with Gasteiger partial charge in [0.15, 0.2) is 5.13 Å². The molecular formula is C5H5ClN2O2S. The highest BCUT2D eigenvalue weighted by Gasteiger charge is 2.00. The molecule has 0 fully saturated rings. The summed E-state index contributed by atoms with van der Waals surface area (Å²) in [6, 6.07) is 0. The zero-order chi connectivity index (χ0) is 8.27. The molecule has 6 heteroatoms. The number of nitrogens with one attached hydrogen (secondary N) is 1. The number of nitrogens with zero attached hydrogens (tertiary/aromatic N) is 1. The van der Waals surface area contributed by atoms with Gasteiger partial charge in [0.1, 0.15) is 11.7 Å². The summed E-state index contributed by atoms with van der Waals surface area (Å²) < 4.78 is 0. The third-order valence-electron chi connectivity index (χ3n) is 0.867. The lowest BCUT2D eigenvalue weighted by atomic mass is 10.7. The van der Waals surface area contributed by atoms with Gasteiger partial charge in [-0.3, -0.25) is 4.79 Å². The van der Waals surface area contributed by atoms with Crippen LogP contribution in [0.2, 0.25) is 5.15 Å². The van der Waals surface area contributed by atoms with Crippen molar-refractivity contribution < 1.29 is 9.90 Å². The minimum Gasteiger partial charge on any atom is -0.480 e. The number of aliphatic carboxylic acids is 1. The van der Waals surface area contributed by atoms with Crippen molar-refractivity contribution >= 4 is 34.0 Å². The molecule has 0 radical (unpaired) electrons. The minimum absolute atomic E-state index is 0.135. The molecule has 0 saturated carbocycles. The van der Waals surface area contributed by atoms with E-state index >= 15 is 0 Å². The first-order valence-corrected chi connectivity index (χ1v) is 4.01. The monoisotopic (exact) mass is 192 g/mol. The predicted octanol–water partition coefficient (Wildman–Crippen LogP) is 1.29. The summed E-state index contributed by atoms with van der Waals surface area (Å²) in [5, 5.41) is 13.4. The van der Waals surface area contributed by atoms with Crippen molar-refractivity contribution in [1.82, 2.24) is 4.98 Å². The molecule has 0 atom stereocenters. The van der Waals surface area contributed by atoms with Crippen molar-refractivity contribution in [3.05, 3.63) is 10.5 Å². The first-order chi connectivity index (χ1) is 5.18. The summed E-state index contributed by atoms with van der Waals surface area (Å²) >= 11 is 6.76. The van der Waals surface area contributed by atoms with Gasteiger partial charge in [-0.15, -0.1) is 11.3 Å². The zero-order valence-corrected chi connectivity index (χ0v) is 6.95. The van der Waals surface area contributed by atoms with Gasteiger partial charge in [0, 0.05) is 5.38 Å². The Morgan fingerprint density at radius 1 is 1.91 bits per heavy atom. The number of aromatic nitrogens is 1. The number of hydrogen-bond donors (Lipinski definition) is 2. The molecule has 0 saturated heterocycles. The molecule has 0 aromatic carbocycles. The van der Waals surface area contributed by atoms with Gasteiger partial charge in [0.25, 0.3) is 0 Å². The van der Waals surface area contributed by atoms with E-state index in [2.05, 4.69) is 10.3 Å². The van der Waals surface area contributed by atoms with Gasteiger partial charge in [-0.25, -0.2) is 4.98 Å². The van der Waals surface area contributed by atoms with E-state index in [1.54, 1.807) is 5.38 Å². The Morgan fingerprint density at radius 2 is 2.64 bits per heavy atom. The van der Waals surface area contributed by atoms with Gasteiger partial charge in [0.05, 0.1) is 0 Å². The van der Waals surface area contributed by atoms with Crippen molar-refractivity contribution in [2.24, 2.45) is 0 Å². The Hall–Kier alpha value is -0.810. The van der Waals surface area contributed by atoms with Crippen LogP contribution < -0.4 is 5.32 Å². The Bertz CT molecular complexity index is 263.